The molecule has 2 rings (SSSR count). The van der Waals surface area contributed by atoms with Crippen molar-refractivity contribution >= 4 is 15.9 Å². The zero-order valence-corrected chi connectivity index (χ0v) is 12.0. The third kappa shape index (κ3) is 4.18. The summed E-state index contributed by atoms with van der Waals surface area (Å²) in [6.45, 7) is 0.420. The third-order valence-corrected chi connectivity index (χ3v) is 3.95. The number of hydrogen-bond acceptors (Lipinski definition) is 2. The Morgan fingerprint density at radius 1 is 1.26 bits per heavy atom. The van der Waals surface area contributed by atoms with Crippen LogP contribution in [0.3, 0.4) is 0 Å². The van der Waals surface area contributed by atoms with Crippen LogP contribution in [-0.4, -0.2) is 17.2 Å². The van der Waals surface area contributed by atoms with E-state index in [1.807, 2.05) is 6.07 Å². The van der Waals surface area contributed by atoms with Crippen molar-refractivity contribution < 1.29 is 13.2 Å². The average Bonchev–Trinajstić information content (AvgIpc) is 2.36. The summed E-state index contributed by atoms with van der Waals surface area (Å²) in [5.74, 6) is -1.22. The maximum Gasteiger partial charge on any atom is 0.393 e. The first-order valence-corrected chi connectivity index (χ1v) is 7.15. The highest BCUT2D eigenvalue weighted by Gasteiger charge is 2.45. The molecule has 1 saturated carbocycles. The maximum atomic E-state index is 12.9. The first kappa shape index (κ1) is 14.8. The number of hydrogen-bond donors (Lipinski definition) is 1. The molecule has 0 spiro atoms. The van der Waals surface area contributed by atoms with Crippen LogP contribution in [0.5, 0.6) is 0 Å². The molecule has 1 aromatic rings. The van der Waals surface area contributed by atoms with Gasteiger partial charge in [0.1, 0.15) is 0 Å². The molecule has 1 aliphatic carbocycles. The van der Waals surface area contributed by atoms with E-state index in [2.05, 4.69) is 26.2 Å². The minimum absolute atomic E-state index is 0.234. The largest absolute Gasteiger partial charge is 0.393 e. The summed E-state index contributed by atoms with van der Waals surface area (Å²) in [6, 6.07) is 1.39. The summed E-state index contributed by atoms with van der Waals surface area (Å²) in [5.41, 5.74) is 0.890. The molecule has 6 heteroatoms. The fourth-order valence-corrected chi connectivity index (χ4v) is 2.98. The second-order valence-corrected chi connectivity index (χ2v) is 5.85. The molecule has 0 aromatic carbocycles. The number of nitrogens with one attached hydrogen (secondary N) is 1. The second-order valence-electron chi connectivity index (χ2n) is 4.93. The highest BCUT2D eigenvalue weighted by atomic mass is 79.9. The lowest BCUT2D eigenvalue weighted by molar-refractivity contribution is -0.189. The fraction of sp³-hybridized carbons (Fsp3) is 0.615. The monoisotopic (exact) mass is 336 g/mol. The quantitative estimate of drug-likeness (QED) is 0.900. The number of alkyl halides is 3. The molecule has 19 heavy (non-hydrogen) atoms. The van der Waals surface area contributed by atoms with E-state index in [1.54, 1.807) is 12.4 Å². The van der Waals surface area contributed by atoms with Crippen molar-refractivity contribution in [3.8, 4) is 0 Å². The predicted octanol–water partition coefficient (Wildman–Crippen LogP) is 4.05. The van der Waals surface area contributed by atoms with Gasteiger partial charge in [0.2, 0.25) is 0 Å². The molecule has 1 aromatic heterocycles. The van der Waals surface area contributed by atoms with Gasteiger partial charge in [0.15, 0.2) is 0 Å². The van der Waals surface area contributed by atoms with Gasteiger partial charge in [-0.2, -0.15) is 13.2 Å². The Balaban J connectivity index is 1.97. The molecular weight excluding hydrogens is 321 g/mol. The van der Waals surface area contributed by atoms with Crippen molar-refractivity contribution in [3.05, 3.63) is 28.5 Å². The van der Waals surface area contributed by atoms with Gasteiger partial charge in [0.25, 0.3) is 0 Å². The molecule has 1 aliphatic rings. The summed E-state index contributed by atoms with van der Waals surface area (Å²) >= 11 is 3.30. The van der Waals surface area contributed by atoms with E-state index in [0.717, 1.165) is 16.5 Å². The van der Waals surface area contributed by atoms with Crippen LogP contribution in [-0.2, 0) is 6.54 Å². The van der Waals surface area contributed by atoms with Crippen LogP contribution in [0.15, 0.2) is 22.9 Å². The van der Waals surface area contributed by atoms with Crippen molar-refractivity contribution in [3.63, 3.8) is 0 Å². The van der Waals surface area contributed by atoms with Gasteiger partial charge in [0.05, 0.1) is 5.92 Å². The number of halogens is 4. The van der Waals surface area contributed by atoms with Crippen LogP contribution in [0.4, 0.5) is 13.2 Å². The molecule has 2 atom stereocenters. The van der Waals surface area contributed by atoms with Crippen LogP contribution in [0.1, 0.15) is 31.2 Å². The van der Waals surface area contributed by atoms with Crippen molar-refractivity contribution in [2.24, 2.45) is 5.92 Å². The standard InChI is InChI=1S/C13H16BrF3N2/c14-10-5-9(6-18-8-10)7-19-12-4-2-1-3-11(12)13(15,16)17/h5-6,8,11-12,19H,1-4,7H2. The molecule has 0 bridgehead atoms. The zero-order chi connectivity index (χ0) is 13.9. The molecular formula is C13H16BrF3N2. The van der Waals surface area contributed by atoms with E-state index in [9.17, 15) is 13.2 Å². The minimum Gasteiger partial charge on any atom is -0.309 e. The molecule has 1 heterocycles. The van der Waals surface area contributed by atoms with Gasteiger partial charge in [-0.05, 0) is 40.4 Å². The van der Waals surface area contributed by atoms with Gasteiger partial charge in [-0.1, -0.05) is 12.8 Å². The summed E-state index contributed by atoms with van der Waals surface area (Å²) in [7, 11) is 0. The maximum absolute atomic E-state index is 12.9. The SMILES string of the molecule is FC(F)(F)C1CCCCC1NCc1cncc(Br)c1. The lowest BCUT2D eigenvalue weighted by atomic mass is 9.84. The molecule has 2 nitrogen and oxygen atoms in total. The molecule has 0 saturated heterocycles. The third-order valence-electron chi connectivity index (χ3n) is 3.52. The Hall–Kier alpha value is -0.620. The van der Waals surface area contributed by atoms with Crippen molar-refractivity contribution in [1.82, 2.24) is 10.3 Å². The van der Waals surface area contributed by atoms with Gasteiger partial charge in [-0.3, -0.25) is 4.98 Å². The van der Waals surface area contributed by atoms with E-state index in [0.29, 0.717) is 19.4 Å². The van der Waals surface area contributed by atoms with Crippen molar-refractivity contribution in [2.75, 3.05) is 0 Å². The summed E-state index contributed by atoms with van der Waals surface area (Å²) in [5, 5.41) is 3.04. The van der Waals surface area contributed by atoms with E-state index >= 15 is 0 Å². The predicted molar refractivity (Wildman–Crippen MR) is 70.6 cm³/mol. The lowest BCUT2D eigenvalue weighted by Gasteiger charge is -2.33. The van der Waals surface area contributed by atoms with E-state index < -0.39 is 18.1 Å². The zero-order valence-electron chi connectivity index (χ0n) is 10.4. The highest BCUT2D eigenvalue weighted by molar-refractivity contribution is 9.10. The van der Waals surface area contributed by atoms with Crippen LogP contribution < -0.4 is 5.32 Å². The lowest BCUT2D eigenvalue weighted by Crippen LogP contribution is -2.45. The number of pyridine rings is 1. The summed E-state index contributed by atoms with van der Waals surface area (Å²) in [6.07, 6.45) is 1.57. The Morgan fingerprint density at radius 3 is 2.68 bits per heavy atom. The fourth-order valence-electron chi connectivity index (χ4n) is 2.57. The van der Waals surface area contributed by atoms with Gasteiger partial charge in [-0.25, -0.2) is 0 Å². The van der Waals surface area contributed by atoms with Crippen molar-refractivity contribution in [1.29, 1.82) is 0 Å². The Labute approximate surface area is 118 Å². The second kappa shape index (κ2) is 6.22. The number of rotatable bonds is 3. The molecule has 1 fully saturated rings. The van der Waals surface area contributed by atoms with Crippen LogP contribution in [0, 0.1) is 5.92 Å². The Morgan fingerprint density at radius 2 is 2.00 bits per heavy atom. The van der Waals surface area contributed by atoms with Gasteiger partial charge in [0, 0.05) is 29.5 Å². The summed E-state index contributed by atoms with van der Waals surface area (Å²) in [4.78, 5) is 4.01. The normalized spacial score (nSPS) is 24.4. The first-order valence-electron chi connectivity index (χ1n) is 6.36. The topological polar surface area (TPSA) is 24.9 Å². The number of aromatic nitrogens is 1. The molecule has 1 N–H and O–H groups in total. The van der Waals surface area contributed by atoms with Gasteiger partial charge < -0.3 is 5.32 Å². The van der Waals surface area contributed by atoms with Gasteiger partial charge in [-0.15, -0.1) is 0 Å². The molecule has 0 amide bonds. The van der Waals surface area contributed by atoms with E-state index in [-0.39, 0.29) is 6.42 Å². The number of nitrogens with zero attached hydrogens (tertiary/aromatic N) is 1. The van der Waals surface area contributed by atoms with Crippen molar-refractivity contribution in [2.45, 2.75) is 44.4 Å². The molecule has 0 aliphatic heterocycles. The average molecular weight is 337 g/mol. The summed E-state index contributed by atoms with van der Waals surface area (Å²) < 4.78 is 39.6. The highest BCUT2D eigenvalue weighted by Crippen LogP contribution is 2.37. The van der Waals surface area contributed by atoms with Crippen LogP contribution in [0.2, 0.25) is 0 Å². The Bertz CT molecular complexity index is 423. The molecule has 0 radical (unpaired) electrons. The Kier molecular flexibility index (Phi) is 4.84. The van der Waals surface area contributed by atoms with Crippen LogP contribution in [0.25, 0.3) is 0 Å². The van der Waals surface area contributed by atoms with Crippen LogP contribution >= 0.6 is 15.9 Å². The van der Waals surface area contributed by atoms with E-state index in [4.69, 9.17) is 0 Å². The van der Waals surface area contributed by atoms with E-state index in [1.165, 1.54) is 0 Å². The minimum atomic E-state index is -4.10. The molecule has 106 valence electrons. The molecule has 2 unspecified atom stereocenters. The first-order chi connectivity index (χ1) is 8.97. The smallest absolute Gasteiger partial charge is 0.309 e. The van der Waals surface area contributed by atoms with Gasteiger partial charge >= 0.3 is 6.18 Å².